The van der Waals surface area contributed by atoms with Crippen LogP contribution in [0.5, 0.6) is 0 Å². The number of aliphatic hydroxyl groups excluding tert-OH is 1. The minimum Gasteiger partial charge on any atom is -0.507 e. The van der Waals surface area contributed by atoms with Crippen LogP contribution in [0.2, 0.25) is 0 Å². The summed E-state index contributed by atoms with van der Waals surface area (Å²) in [6, 6.07) is 15.6. The summed E-state index contributed by atoms with van der Waals surface area (Å²) in [5, 5.41) is 11.1. The highest BCUT2D eigenvalue weighted by atomic mass is 79.9. The first-order valence-electron chi connectivity index (χ1n) is 10.7. The van der Waals surface area contributed by atoms with Gasteiger partial charge in [0.15, 0.2) is 0 Å². The molecule has 0 radical (unpaired) electrons. The molecule has 1 unspecified atom stereocenters. The van der Waals surface area contributed by atoms with Crippen LogP contribution >= 0.6 is 15.9 Å². The van der Waals surface area contributed by atoms with Crippen LogP contribution in [0.3, 0.4) is 0 Å². The van der Waals surface area contributed by atoms with Gasteiger partial charge in [-0.2, -0.15) is 0 Å². The number of aromatic nitrogens is 1. The fourth-order valence-electron chi connectivity index (χ4n) is 3.78. The standard InChI is InChI=1S/C26H21BrN2O5/c1-2-13-34-26(33)17-5-3-7-20(14-17)29-22(18-6-4-12-28-15-18)21(24(31)25(29)32)23(30)16-8-10-19(27)11-9-16/h3-12,14-15,22,30H,2,13H2,1H3/b23-21+. The Morgan fingerprint density at radius 2 is 1.85 bits per heavy atom. The molecule has 1 aromatic heterocycles. The summed E-state index contributed by atoms with van der Waals surface area (Å²) in [5.41, 5.74) is 1.47. The Morgan fingerprint density at radius 1 is 1.09 bits per heavy atom. The molecule has 4 rings (SSSR count). The highest BCUT2D eigenvalue weighted by molar-refractivity contribution is 9.10. The number of ketones is 1. The number of aliphatic hydroxyl groups is 1. The van der Waals surface area contributed by atoms with Crippen molar-refractivity contribution < 1.29 is 24.2 Å². The van der Waals surface area contributed by atoms with Crippen LogP contribution in [-0.4, -0.2) is 34.4 Å². The number of nitrogens with zero attached hydrogens (tertiary/aromatic N) is 2. The summed E-state index contributed by atoms with van der Waals surface area (Å²) in [4.78, 5) is 44.2. The van der Waals surface area contributed by atoms with E-state index >= 15 is 0 Å². The lowest BCUT2D eigenvalue weighted by Gasteiger charge is -2.25. The maximum Gasteiger partial charge on any atom is 0.338 e. The Bertz CT molecular complexity index is 1270. The number of carbonyl (C=O) groups excluding carboxylic acids is 3. The van der Waals surface area contributed by atoms with Crippen molar-refractivity contribution in [3.05, 3.63) is 99.8 Å². The van der Waals surface area contributed by atoms with Gasteiger partial charge in [0.05, 0.1) is 23.8 Å². The monoisotopic (exact) mass is 520 g/mol. The van der Waals surface area contributed by atoms with Crippen LogP contribution in [0.1, 0.15) is 40.9 Å². The minimum absolute atomic E-state index is 0.0562. The molecule has 1 aliphatic rings. The second kappa shape index (κ2) is 10.0. The van der Waals surface area contributed by atoms with Crippen molar-refractivity contribution in [2.24, 2.45) is 0 Å². The van der Waals surface area contributed by atoms with E-state index in [0.717, 1.165) is 4.47 Å². The second-order valence-corrected chi connectivity index (χ2v) is 8.56. The Labute approximate surface area is 204 Å². The van der Waals surface area contributed by atoms with Crippen LogP contribution in [0.15, 0.2) is 83.1 Å². The Hall–Kier alpha value is -3.78. The number of rotatable bonds is 6. The quantitative estimate of drug-likeness (QED) is 0.211. The molecule has 0 spiro atoms. The number of esters is 1. The van der Waals surface area contributed by atoms with Crippen LogP contribution < -0.4 is 4.90 Å². The number of halogens is 1. The predicted molar refractivity (Wildman–Crippen MR) is 130 cm³/mol. The maximum atomic E-state index is 13.2. The number of hydrogen-bond acceptors (Lipinski definition) is 6. The van der Waals surface area contributed by atoms with Crippen LogP contribution in [0.4, 0.5) is 5.69 Å². The smallest absolute Gasteiger partial charge is 0.338 e. The average Bonchev–Trinajstić information content (AvgIpc) is 3.13. The number of ether oxygens (including phenoxy) is 1. The Balaban J connectivity index is 1.85. The molecule has 8 heteroatoms. The highest BCUT2D eigenvalue weighted by Crippen LogP contribution is 2.42. The van der Waals surface area contributed by atoms with Gasteiger partial charge in [0.1, 0.15) is 5.76 Å². The van der Waals surface area contributed by atoms with Gasteiger partial charge in [-0.25, -0.2) is 4.79 Å². The van der Waals surface area contributed by atoms with Crippen molar-refractivity contribution in [2.45, 2.75) is 19.4 Å². The lowest BCUT2D eigenvalue weighted by atomic mass is 9.96. The van der Waals surface area contributed by atoms with Crippen LogP contribution in [0, 0.1) is 0 Å². The van der Waals surface area contributed by atoms with E-state index in [1.165, 1.54) is 17.2 Å². The molecule has 0 aliphatic carbocycles. The third-order valence-corrected chi connectivity index (χ3v) is 5.89. The molecular formula is C26H21BrN2O5. The third kappa shape index (κ3) is 4.49. The van der Waals surface area contributed by atoms with Crippen molar-refractivity contribution in [2.75, 3.05) is 11.5 Å². The molecule has 2 heterocycles. The highest BCUT2D eigenvalue weighted by Gasteiger charge is 2.47. The minimum atomic E-state index is -0.931. The summed E-state index contributed by atoms with van der Waals surface area (Å²) in [5.74, 6) is -2.45. The molecule has 1 aliphatic heterocycles. The number of carbonyl (C=O) groups is 3. The van der Waals surface area contributed by atoms with Gasteiger partial charge < -0.3 is 9.84 Å². The van der Waals surface area contributed by atoms with Crippen molar-refractivity contribution in [1.82, 2.24) is 4.98 Å². The van der Waals surface area contributed by atoms with E-state index in [2.05, 4.69) is 20.9 Å². The number of anilines is 1. The summed E-state index contributed by atoms with van der Waals surface area (Å²) in [6.45, 7) is 2.17. The molecule has 172 valence electrons. The summed E-state index contributed by atoms with van der Waals surface area (Å²) in [7, 11) is 0. The van der Waals surface area contributed by atoms with E-state index in [1.807, 2.05) is 6.92 Å². The molecule has 1 fully saturated rings. The van der Waals surface area contributed by atoms with E-state index in [1.54, 1.807) is 60.8 Å². The fraction of sp³-hybridized carbons (Fsp3) is 0.154. The first-order chi connectivity index (χ1) is 16.4. The molecule has 0 saturated carbocycles. The molecule has 2 aromatic carbocycles. The first-order valence-corrected chi connectivity index (χ1v) is 11.5. The Morgan fingerprint density at radius 3 is 2.53 bits per heavy atom. The zero-order valence-electron chi connectivity index (χ0n) is 18.3. The van der Waals surface area contributed by atoms with Crippen LogP contribution in [0.25, 0.3) is 5.76 Å². The van der Waals surface area contributed by atoms with Crippen molar-refractivity contribution in [1.29, 1.82) is 0 Å². The van der Waals surface area contributed by atoms with Gasteiger partial charge in [0, 0.05) is 28.1 Å². The SMILES string of the molecule is CCCOC(=O)c1cccc(N2C(=O)C(=O)/C(=C(/O)c3ccc(Br)cc3)C2c2cccnc2)c1. The molecule has 34 heavy (non-hydrogen) atoms. The number of pyridine rings is 1. The number of Topliss-reactive ketones (excluding diaryl/α,β-unsaturated/α-hetero) is 1. The van der Waals surface area contributed by atoms with E-state index in [-0.39, 0.29) is 23.5 Å². The summed E-state index contributed by atoms with van der Waals surface area (Å²) >= 11 is 3.35. The van der Waals surface area contributed by atoms with Gasteiger partial charge in [0.25, 0.3) is 11.7 Å². The molecule has 1 N–H and O–H groups in total. The molecular weight excluding hydrogens is 500 g/mol. The van der Waals surface area contributed by atoms with Gasteiger partial charge >= 0.3 is 5.97 Å². The number of hydrogen-bond donors (Lipinski definition) is 1. The summed E-state index contributed by atoms with van der Waals surface area (Å²) < 4.78 is 6.01. The van der Waals surface area contributed by atoms with Crippen LogP contribution in [-0.2, 0) is 14.3 Å². The van der Waals surface area contributed by atoms with E-state index in [0.29, 0.717) is 23.2 Å². The van der Waals surface area contributed by atoms with Gasteiger partial charge in [-0.1, -0.05) is 47.1 Å². The largest absolute Gasteiger partial charge is 0.507 e. The molecule has 1 amide bonds. The predicted octanol–water partition coefficient (Wildman–Crippen LogP) is 5.04. The topological polar surface area (TPSA) is 96.8 Å². The van der Waals surface area contributed by atoms with Gasteiger partial charge in [-0.3, -0.25) is 19.5 Å². The zero-order valence-corrected chi connectivity index (χ0v) is 19.9. The van der Waals surface area contributed by atoms with Gasteiger partial charge in [0.2, 0.25) is 0 Å². The zero-order chi connectivity index (χ0) is 24.2. The fourth-order valence-corrected chi connectivity index (χ4v) is 4.04. The molecule has 1 atom stereocenters. The maximum absolute atomic E-state index is 13.2. The van der Waals surface area contributed by atoms with Crippen molar-refractivity contribution in [3.63, 3.8) is 0 Å². The number of benzene rings is 2. The van der Waals surface area contributed by atoms with Crippen molar-refractivity contribution in [3.8, 4) is 0 Å². The van der Waals surface area contributed by atoms with Crippen molar-refractivity contribution >= 4 is 45.0 Å². The molecule has 7 nitrogen and oxygen atoms in total. The molecule has 3 aromatic rings. The van der Waals surface area contributed by atoms with Gasteiger partial charge in [-0.05, 0) is 48.4 Å². The number of amides is 1. The summed E-state index contributed by atoms with van der Waals surface area (Å²) in [6.07, 6.45) is 3.80. The third-order valence-electron chi connectivity index (χ3n) is 5.36. The molecule has 0 bridgehead atoms. The Kier molecular flexibility index (Phi) is 6.88. The molecule has 1 saturated heterocycles. The average molecular weight is 521 g/mol. The van der Waals surface area contributed by atoms with Gasteiger partial charge in [-0.15, -0.1) is 0 Å². The first kappa shape index (κ1) is 23.4. The van der Waals surface area contributed by atoms with E-state index in [9.17, 15) is 19.5 Å². The van der Waals surface area contributed by atoms with E-state index < -0.39 is 23.7 Å². The van der Waals surface area contributed by atoms with E-state index in [4.69, 9.17) is 4.74 Å². The second-order valence-electron chi connectivity index (χ2n) is 7.65. The lowest BCUT2D eigenvalue weighted by Crippen LogP contribution is -2.29. The lowest BCUT2D eigenvalue weighted by molar-refractivity contribution is -0.132. The normalized spacial score (nSPS) is 17.1.